The van der Waals surface area contributed by atoms with Crippen molar-refractivity contribution >= 4 is 5.97 Å². The first-order valence-electron chi connectivity index (χ1n) is 5.19. The van der Waals surface area contributed by atoms with Crippen molar-refractivity contribution in [3.8, 4) is 0 Å². The summed E-state index contributed by atoms with van der Waals surface area (Å²) in [6.45, 7) is 5.37. The lowest BCUT2D eigenvalue weighted by Crippen LogP contribution is -2.25. The number of rotatable bonds is 3. The summed E-state index contributed by atoms with van der Waals surface area (Å²) in [5, 5.41) is 9.72. The fourth-order valence-corrected chi connectivity index (χ4v) is 1.22. The zero-order valence-electron chi connectivity index (χ0n) is 9.80. The number of aliphatic hydroxyl groups is 1. The zero-order valence-corrected chi connectivity index (χ0v) is 9.80. The van der Waals surface area contributed by atoms with E-state index in [4.69, 9.17) is 4.74 Å². The van der Waals surface area contributed by atoms with Crippen LogP contribution in [0.4, 0.5) is 0 Å². The standard InChI is InChI=1S/C12H17NO3/c1-12(2,3)16-11(15)8-10(14)9-6-4-5-7-13-9/h4-7,10,14H,8H2,1-3H3. The summed E-state index contributed by atoms with van der Waals surface area (Å²) in [5.74, 6) is -0.425. The van der Waals surface area contributed by atoms with Crippen molar-refractivity contribution in [2.45, 2.75) is 38.9 Å². The number of aromatic nitrogens is 1. The van der Waals surface area contributed by atoms with Crippen LogP contribution in [0.5, 0.6) is 0 Å². The number of aliphatic hydroxyl groups excluding tert-OH is 1. The fourth-order valence-electron chi connectivity index (χ4n) is 1.22. The second-order valence-electron chi connectivity index (χ2n) is 4.56. The normalized spacial score (nSPS) is 13.2. The maximum Gasteiger partial charge on any atom is 0.309 e. The Hall–Kier alpha value is -1.42. The van der Waals surface area contributed by atoms with E-state index < -0.39 is 17.7 Å². The van der Waals surface area contributed by atoms with Crippen LogP contribution in [-0.2, 0) is 9.53 Å². The van der Waals surface area contributed by atoms with Gasteiger partial charge in [-0.3, -0.25) is 9.78 Å². The van der Waals surface area contributed by atoms with Gasteiger partial charge in [0, 0.05) is 6.20 Å². The molecule has 0 fully saturated rings. The van der Waals surface area contributed by atoms with Gasteiger partial charge in [-0.1, -0.05) is 6.07 Å². The molecule has 0 saturated heterocycles. The molecule has 1 aromatic heterocycles. The zero-order chi connectivity index (χ0) is 12.2. The third-order valence-corrected chi connectivity index (χ3v) is 1.81. The van der Waals surface area contributed by atoms with Gasteiger partial charge in [-0.05, 0) is 32.9 Å². The largest absolute Gasteiger partial charge is 0.460 e. The molecule has 16 heavy (non-hydrogen) atoms. The summed E-state index contributed by atoms with van der Waals surface area (Å²) >= 11 is 0. The number of ether oxygens (including phenoxy) is 1. The summed E-state index contributed by atoms with van der Waals surface area (Å²) in [4.78, 5) is 15.4. The SMILES string of the molecule is CC(C)(C)OC(=O)CC(O)c1ccccn1. The lowest BCUT2D eigenvalue weighted by atomic mass is 10.1. The smallest absolute Gasteiger partial charge is 0.309 e. The molecule has 1 rings (SSSR count). The number of hydrogen-bond donors (Lipinski definition) is 1. The summed E-state index contributed by atoms with van der Waals surface area (Å²) in [7, 11) is 0. The molecule has 4 heteroatoms. The molecule has 4 nitrogen and oxygen atoms in total. The van der Waals surface area contributed by atoms with E-state index in [2.05, 4.69) is 4.98 Å². The van der Waals surface area contributed by atoms with Crippen molar-refractivity contribution in [2.24, 2.45) is 0 Å². The summed E-state index contributed by atoms with van der Waals surface area (Å²) in [5.41, 5.74) is -0.0469. The Bertz CT molecular complexity index is 343. The van der Waals surface area contributed by atoms with E-state index >= 15 is 0 Å². The van der Waals surface area contributed by atoms with E-state index in [-0.39, 0.29) is 6.42 Å². The van der Waals surface area contributed by atoms with Gasteiger partial charge in [0.15, 0.2) is 0 Å². The molecule has 0 aliphatic heterocycles. The molecule has 0 bridgehead atoms. The summed E-state index contributed by atoms with van der Waals surface area (Å²) in [6, 6.07) is 5.19. The van der Waals surface area contributed by atoms with Gasteiger partial charge in [0.2, 0.25) is 0 Å². The van der Waals surface area contributed by atoms with Crippen LogP contribution in [0, 0.1) is 0 Å². The van der Waals surface area contributed by atoms with Gasteiger partial charge in [0.25, 0.3) is 0 Å². The van der Waals surface area contributed by atoms with Gasteiger partial charge in [-0.2, -0.15) is 0 Å². The Morgan fingerprint density at radius 3 is 2.69 bits per heavy atom. The first-order valence-corrected chi connectivity index (χ1v) is 5.19. The van der Waals surface area contributed by atoms with Gasteiger partial charge in [-0.25, -0.2) is 0 Å². The number of pyridine rings is 1. The fraction of sp³-hybridized carbons (Fsp3) is 0.500. The molecule has 1 N–H and O–H groups in total. The number of carbonyl (C=O) groups is 1. The van der Waals surface area contributed by atoms with Crippen molar-refractivity contribution in [3.05, 3.63) is 30.1 Å². The number of carbonyl (C=O) groups excluding carboxylic acids is 1. The van der Waals surface area contributed by atoms with Crippen LogP contribution in [0.1, 0.15) is 39.0 Å². The molecule has 0 radical (unpaired) electrons. The lowest BCUT2D eigenvalue weighted by molar-refractivity contribution is -0.157. The number of hydrogen-bond acceptors (Lipinski definition) is 4. The minimum Gasteiger partial charge on any atom is -0.460 e. The van der Waals surface area contributed by atoms with E-state index in [1.54, 1.807) is 45.2 Å². The predicted molar refractivity (Wildman–Crippen MR) is 59.7 cm³/mol. The molecule has 0 saturated carbocycles. The molecule has 88 valence electrons. The van der Waals surface area contributed by atoms with Crippen LogP contribution in [0.25, 0.3) is 0 Å². The van der Waals surface area contributed by atoms with Crippen LogP contribution < -0.4 is 0 Å². The summed E-state index contributed by atoms with van der Waals surface area (Å²) < 4.78 is 5.10. The average Bonchev–Trinajstić information content (AvgIpc) is 2.16. The molecule has 1 heterocycles. The number of nitrogens with zero attached hydrogens (tertiary/aromatic N) is 1. The van der Waals surface area contributed by atoms with Gasteiger partial charge in [0.1, 0.15) is 11.7 Å². The van der Waals surface area contributed by atoms with Gasteiger partial charge < -0.3 is 9.84 Å². The Balaban J connectivity index is 2.52. The highest BCUT2D eigenvalue weighted by Gasteiger charge is 2.20. The molecule has 0 aliphatic rings. The first kappa shape index (κ1) is 12.6. The minimum atomic E-state index is -0.906. The van der Waals surface area contributed by atoms with Crippen molar-refractivity contribution in [2.75, 3.05) is 0 Å². The molecule has 0 aromatic carbocycles. The third kappa shape index (κ3) is 4.40. The summed E-state index contributed by atoms with van der Waals surface area (Å²) in [6.07, 6.45) is 0.595. The van der Waals surface area contributed by atoms with Gasteiger partial charge in [-0.15, -0.1) is 0 Å². The second kappa shape index (κ2) is 5.07. The van der Waals surface area contributed by atoms with Crippen molar-refractivity contribution in [1.82, 2.24) is 4.98 Å². The quantitative estimate of drug-likeness (QED) is 0.794. The molecule has 1 atom stereocenters. The van der Waals surface area contributed by atoms with E-state index in [1.807, 2.05) is 0 Å². The van der Waals surface area contributed by atoms with Crippen LogP contribution in [0.2, 0.25) is 0 Å². The van der Waals surface area contributed by atoms with E-state index in [0.717, 1.165) is 0 Å². The van der Waals surface area contributed by atoms with Crippen molar-refractivity contribution < 1.29 is 14.6 Å². The lowest BCUT2D eigenvalue weighted by Gasteiger charge is -2.20. The monoisotopic (exact) mass is 223 g/mol. The maximum absolute atomic E-state index is 11.4. The highest BCUT2D eigenvalue weighted by molar-refractivity contribution is 5.70. The Kier molecular flexibility index (Phi) is 4.01. The molecule has 1 unspecified atom stereocenters. The predicted octanol–water partition coefficient (Wildman–Crippen LogP) is 1.85. The van der Waals surface area contributed by atoms with Crippen LogP contribution >= 0.6 is 0 Å². The van der Waals surface area contributed by atoms with E-state index in [1.165, 1.54) is 0 Å². The van der Waals surface area contributed by atoms with Crippen LogP contribution in [-0.4, -0.2) is 21.7 Å². The van der Waals surface area contributed by atoms with Gasteiger partial charge in [0.05, 0.1) is 12.1 Å². The Morgan fingerprint density at radius 2 is 2.19 bits per heavy atom. The minimum absolute atomic E-state index is 0.0751. The highest BCUT2D eigenvalue weighted by Crippen LogP contribution is 2.16. The van der Waals surface area contributed by atoms with Crippen molar-refractivity contribution in [3.63, 3.8) is 0 Å². The average molecular weight is 223 g/mol. The molecule has 0 spiro atoms. The second-order valence-corrected chi connectivity index (χ2v) is 4.56. The van der Waals surface area contributed by atoms with Crippen LogP contribution in [0.3, 0.4) is 0 Å². The maximum atomic E-state index is 11.4. The molecule has 0 amide bonds. The number of esters is 1. The van der Waals surface area contributed by atoms with E-state index in [0.29, 0.717) is 5.69 Å². The molecule has 1 aromatic rings. The highest BCUT2D eigenvalue weighted by atomic mass is 16.6. The van der Waals surface area contributed by atoms with Crippen LogP contribution in [0.15, 0.2) is 24.4 Å². The topological polar surface area (TPSA) is 59.4 Å². The Labute approximate surface area is 95.3 Å². The van der Waals surface area contributed by atoms with E-state index in [9.17, 15) is 9.90 Å². The molecule has 0 aliphatic carbocycles. The van der Waals surface area contributed by atoms with Crippen molar-refractivity contribution in [1.29, 1.82) is 0 Å². The molecular formula is C12H17NO3. The third-order valence-electron chi connectivity index (χ3n) is 1.81. The van der Waals surface area contributed by atoms with Gasteiger partial charge >= 0.3 is 5.97 Å². The molecular weight excluding hydrogens is 206 g/mol. The Morgan fingerprint density at radius 1 is 1.50 bits per heavy atom. The first-order chi connectivity index (χ1) is 7.38.